The Morgan fingerprint density at radius 3 is 2.48 bits per heavy atom. The minimum Gasteiger partial charge on any atom is -0.369 e. The van der Waals surface area contributed by atoms with Gasteiger partial charge in [-0.3, -0.25) is 4.79 Å². The number of primary amides is 1. The molecule has 0 radical (unpaired) electrons. The van der Waals surface area contributed by atoms with E-state index in [1.54, 1.807) is 0 Å². The van der Waals surface area contributed by atoms with Gasteiger partial charge >= 0.3 is 0 Å². The molecule has 1 heterocycles. The number of halogens is 1. The number of piperazine rings is 1. The highest BCUT2D eigenvalue weighted by molar-refractivity contribution is 5.94. The van der Waals surface area contributed by atoms with Crippen LogP contribution in [0.15, 0.2) is 42.5 Å². The maximum Gasteiger partial charge on any atom is 0.248 e. The van der Waals surface area contributed by atoms with Crippen LogP contribution < -0.4 is 21.3 Å². The van der Waals surface area contributed by atoms with Crippen molar-refractivity contribution in [1.82, 2.24) is 5.32 Å². The first-order chi connectivity index (χ1) is 11.1. The largest absolute Gasteiger partial charge is 0.369 e. The lowest BCUT2D eigenvalue weighted by molar-refractivity contribution is 0.100. The zero-order valence-corrected chi connectivity index (χ0v) is 12.7. The summed E-state index contributed by atoms with van der Waals surface area (Å²) in [5.41, 5.74) is 7.63. The summed E-state index contributed by atoms with van der Waals surface area (Å²) in [6.45, 7) is 3.90. The molecule has 1 fully saturated rings. The van der Waals surface area contributed by atoms with Crippen molar-refractivity contribution in [3.05, 3.63) is 53.8 Å². The van der Waals surface area contributed by atoms with E-state index in [0.29, 0.717) is 0 Å². The van der Waals surface area contributed by atoms with Crippen molar-refractivity contribution < 1.29 is 9.18 Å². The number of nitrogens with two attached hydrogens (primary N) is 1. The number of amides is 1. The first-order valence-corrected chi connectivity index (χ1v) is 7.55. The van der Waals surface area contributed by atoms with E-state index in [4.69, 9.17) is 5.73 Å². The number of hydrogen-bond donors (Lipinski definition) is 3. The Morgan fingerprint density at radius 1 is 1.13 bits per heavy atom. The average molecular weight is 314 g/mol. The van der Waals surface area contributed by atoms with Crippen molar-refractivity contribution in [2.24, 2.45) is 5.73 Å². The van der Waals surface area contributed by atoms with E-state index in [2.05, 4.69) is 15.5 Å². The van der Waals surface area contributed by atoms with Crippen LogP contribution in [0.1, 0.15) is 10.4 Å². The van der Waals surface area contributed by atoms with Crippen molar-refractivity contribution in [3.63, 3.8) is 0 Å². The lowest BCUT2D eigenvalue weighted by Crippen LogP contribution is -2.43. The molecule has 4 N–H and O–H groups in total. The molecule has 0 bridgehead atoms. The number of nitrogens with one attached hydrogen (secondary N) is 2. The van der Waals surface area contributed by atoms with Crippen LogP contribution in [0, 0.1) is 5.82 Å². The normalized spacial score (nSPS) is 14.6. The second-order valence-corrected chi connectivity index (χ2v) is 5.47. The van der Waals surface area contributed by atoms with E-state index in [0.717, 1.165) is 37.6 Å². The summed E-state index contributed by atoms with van der Waals surface area (Å²) < 4.78 is 13.9. The van der Waals surface area contributed by atoms with Crippen LogP contribution in [-0.2, 0) is 0 Å². The molecule has 0 aliphatic carbocycles. The molecule has 0 spiro atoms. The molecule has 120 valence electrons. The molecule has 1 saturated heterocycles. The Hall–Kier alpha value is -2.60. The highest BCUT2D eigenvalue weighted by Crippen LogP contribution is 2.24. The Balaban J connectivity index is 1.75. The number of carbonyl (C=O) groups excluding carboxylic acids is 1. The number of anilines is 3. The molecule has 1 aliphatic heterocycles. The summed E-state index contributed by atoms with van der Waals surface area (Å²) in [4.78, 5) is 13.5. The zero-order chi connectivity index (χ0) is 16.2. The molecular formula is C17H19FN4O. The molecule has 23 heavy (non-hydrogen) atoms. The molecular weight excluding hydrogens is 295 g/mol. The van der Waals surface area contributed by atoms with E-state index < -0.39 is 11.7 Å². The lowest BCUT2D eigenvalue weighted by atomic mass is 10.1. The molecule has 6 heteroatoms. The van der Waals surface area contributed by atoms with Crippen molar-refractivity contribution in [1.29, 1.82) is 0 Å². The van der Waals surface area contributed by atoms with Crippen LogP contribution in [-0.4, -0.2) is 32.1 Å². The van der Waals surface area contributed by atoms with Crippen molar-refractivity contribution in [2.45, 2.75) is 0 Å². The second kappa shape index (κ2) is 6.66. The highest BCUT2D eigenvalue weighted by Gasteiger charge is 2.11. The Labute approximate surface area is 134 Å². The van der Waals surface area contributed by atoms with E-state index in [-0.39, 0.29) is 11.3 Å². The van der Waals surface area contributed by atoms with E-state index >= 15 is 0 Å². The summed E-state index contributed by atoms with van der Waals surface area (Å²) in [5, 5.41) is 6.30. The standard InChI is InChI=1S/C17H19FN4O/c18-15-6-1-12(17(19)23)11-16(15)21-13-2-4-14(5-3-13)22-9-7-20-8-10-22/h1-6,11,20-21H,7-10H2,(H2,19,23). The van der Waals surface area contributed by atoms with Gasteiger partial charge in [0.25, 0.3) is 0 Å². The fourth-order valence-electron chi connectivity index (χ4n) is 2.61. The molecule has 2 aromatic carbocycles. The molecule has 1 amide bonds. The molecule has 0 saturated carbocycles. The fourth-order valence-corrected chi connectivity index (χ4v) is 2.61. The lowest BCUT2D eigenvalue weighted by Gasteiger charge is -2.29. The van der Waals surface area contributed by atoms with Gasteiger partial charge in [0.1, 0.15) is 5.82 Å². The zero-order valence-electron chi connectivity index (χ0n) is 12.7. The predicted molar refractivity (Wildman–Crippen MR) is 89.7 cm³/mol. The summed E-state index contributed by atoms with van der Waals surface area (Å²) in [7, 11) is 0. The minimum absolute atomic E-state index is 0.233. The van der Waals surface area contributed by atoms with Gasteiger partial charge < -0.3 is 21.3 Å². The van der Waals surface area contributed by atoms with E-state index in [1.165, 1.54) is 18.2 Å². The van der Waals surface area contributed by atoms with Gasteiger partial charge in [-0.25, -0.2) is 4.39 Å². The predicted octanol–water partition coefficient (Wildman–Crippen LogP) is 2.08. The molecule has 3 rings (SSSR count). The smallest absolute Gasteiger partial charge is 0.248 e. The van der Waals surface area contributed by atoms with Gasteiger partial charge in [0.15, 0.2) is 0 Å². The number of rotatable bonds is 4. The van der Waals surface area contributed by atoms with Gasteiger partial charge in [0.2, 0.25) is 5.91 Å². The average Bonchev–Trinajstić information content (AvgIpc) is 2.58. The maximum absolute atomic E-state index is 13.9. The summed E-state index contributed by atoms with van der Waals surface area (Å²) in [6, 6.07) is 11.8. The first-order valence-electron chi connectivity index (χ1n) is 7.55. The quantitative estimate of drug-likeness (QED) is 0.808. The third-order valence-corrected chi connectivity index (χ3v) is 3.88. The number of nitrogens with zero attached hydrogens (tertiary/aromatic N) is 1. The SMILES string of the molecule is NC(=O)c1ccc(F)c(Nc2ccc(N3CCNCC3)cc2)c1. The second-order valence-electron chi connectivity index (χ2n) is 5.47. The van der Waals surface area contributed by atoms with Crippen molar-refractivity contribution >= 4 is 23.0 Å². The molecule has 1 aliphatic rings. The number of carbonyl (C=O) groups is 1. The Morgan fingerprint density at radius 2 is 1.83 bits per heavy atom. The molecule has 0 unspecified atom stereocenters. The van der Waals surface area contributed by atoms with E-state index in [1.807, 2.05) is 24.3 Å². The molecule has 5 nitrogen and oxygen atoms in total. The van der Waals surface area contributed by atoms with Crippen LogP contribution in [0.4, 0.5) is 21.5 Å². The van der Waals surface area contributed by atoms with Crippen LogP contribution in [0.25, 0.3) is 0 Å². The van der Waals surface area contributed by atoms with Crippen LogP contribution in [0.3, 0.4) is 0 Å². The van der Waals surface area contributed by atoms with Gasteiger partial charge in [-0.2, -0.15) is 0 Å². The third kappa shape index (κ3) is 3.60. The monoisotopic (exact) mass is 314 g/mol. The van der Waals surface area contributed by atoms with Gasteiger partial charge in [0, 0.05) is 43.1 Å². The number of benzene rings is 2. The van der Waals surface area contributed by atoms with Gasteiger partial charge in [-0.15, -0.1) is 0 Å². The van der Waals surface area contributed by atoms with Gasteiger partial charge in [0.05, 0.1) is 5.69 Å². The van der Waals surface area contributed by atoms with Gasteiger partial charge in [-0.1, -0.05) is 0 Å². The molecule has 0 aromatic heterocycles. The Bertz CT molecular complexity index is 696. The number of hydrogen-bond acceptors (Lipinski definition) is 4. The van der Waals surface area contributed by atoms with Crippen LogP contribution >= 0.6 is 0 Å². The fraction of sp³-hybridized carbons (Fsp3) is 0.235. The summed E-state index contributed by atoms with van der Waals surface area (Å²) >= 11 is 0. The van der Waals surface area contributed by atoms with Crippen molar-refractivity contribution in [3.8, 4) is 0 Å². The highest BCUT2D eigenvalue weighted by atomic mass is 19.1. The van der Waals surface area contributed by atoms with Crippen LogP contribution in [0.2, 0.25) is 0 Å². The van der Waals surface area contributed by atoms with Gasteiger partial charge in [-0.05, 0) is 42.5 Å². The Kier molecular flexibility index (Phi) is 4.43. The molecule has 0 atom stereocenters. The minimum atomic E-state index is -0.581. The maximum atomic E-state index is 13.9. The van der Waals surface area contributed by atoms with Crippen molar-refractivity contribution in [2.75, 3.05) is 36.4 Å². The first kappa shape index (κ1) is 15.3. The molecule has 2 aromatic rings. The summed E-state index contributed by atoms with van der Waals surface area (Å²) in [6.07, 6.45) is 0. The van der Waals surface area contributed by atoms with Crippen LogP contribution in [0.5, 0.6) is 0 Å². The summed E-state index contributed by atoms with van der Waals surface area (Å²) in [5.74, 6) is -1.01. The third-order valence-electron chi connectivity index (χ3n) is 3.88. The van der Waals surface area contributed by atoms with E-state index in [9.17, 15) is 9.18 Å². The topological polar surface area (TPSA) is 70.4 Å².